The number of hydrogen-bond acceptors (Lipinski definition) is 3. The summed E-state index contributed by atoms with van der Waals surface area (Å²) in [7, 11) is 0. The van der Waals surface area contributed by atoms with Crippen molar-refractivity contribution in [1.29, 1.82) is 0 Å². The Morgan fingerprint density at radius 2 is 1.89 bits per heavy atom. The van der Waals surface area contributed by atoms with Crippen molar-refractivity contribution in [3.05, 3.63) is 27.7 Å². The molecular weight excluding hydrogens is 296 g/mol. The van der Waals surface area contributed by atoms with Gasteiger partial charge in [-0.15, -0.1) is 0 Å². The number of fused-ring (bicyclic) bond motifs is 3. The van der Waals surface area contributed by atoms with Crippen LogP contribution in [-0.2, 0) is 15.3 Å². The van der Waals surface area contributed by atoms with Crippen molar-refractivity contribution in [3.8, 4) is 5.75 Å². The summed E-state index contributed by atoms with van der Waals surface area (Å²) in [5.41, 5.74) is 1.94. The Morgan fingerprint density at radius 1 is 1.22 bits per heavy atom. The average molecular weight is 313 g/mol. The molecule has 98 valence electrons. The number of rotatable bonds is 1. The number of phenols is 1. The number of halogens is 1. The minimum atomic E-state index is -0.653. The fourth-order valence-electron chi connectivity index (χ4n) is 2.79. The van der Waals surface area contributed by atoms with Crippen molar-refractivity contribution < 1.29 is 14.6 Å². The molecule has 3 fully saturated rings. The van der Waals surface area contributed by atoms with Crippen molar-refractivity contribution in [1.82, 2.24) is 0 Å². The van der Waals surface area contributed by atoms with Gasteiger partial charge in [0.15, 0.2) is 5.79 Å². The summed E-state index contributed by atoms with van der Waals surface area (Å²) in [6, 6.07) is 3.83. The second-order valence-electron chi connectivity index (χ2n) is 5.71. The first-order chi connectivity index (χ1) is 8.46. The highest BCUT2D eigenvalue weighted by molar-refractivity contribution is 9.10. The summed E-state index contributed by atoms with van der Waals surface area (Å²) in [6.45, 7) is 5.55. The van der Waals surface area contributed by atoms with Gasteiger partial charge in [0.25, 0.3) is 0 Å². The van der Waals surface area contributed by atoms with E-state index in [0.29, 0.717) is 4.47 Å². The molecule has 0 aliphatic carbocycles. The van der Waals surface area contributed by atoms with E-state index in [1.54, 1.807) is 0 Å². The normalized spacial score (nSPS) is 34.8. The molecule has 18 heavy (non-hydrogen) atoms. The Bertz CT molecular complexity index is 474. The maximum atomic E-state index is 10.0. The molecule has 0 atom stereocenters. The summed E-state index contributed by atoms with van der Waals surface area (Å²) >= 11 is 3.33. The minimum absolute atomic E-state index is 0.160. The second kappa shape index (κ2) is 3.95. The first-order valence-corrected chi connectivity index (χ1v) is 7.02. The van der Waals surface area contributed by atoms with Crippen LogP contribution in [0, 0.1) is 12.3 Å². The van der Waals surface area contributed by atoms with E-state index < -0.39 is 5.79 Å². The smallest absolute Gasteiger partial charge is 0.195 e. The van der Waals surface area contributed by atoms with Crippen molar-refractivity contribution in [2.75, 3.05) is 13.2 Å². The van der Waals surface area contributed by atoms with Crippen LogP contribution in [0.3, 0.4) is 0 Å². The zero-order chi connectivity index (χ0) is 13.0. The standard InChI is InChI=1S/C14H17BrO3/c1-9-10(3-4-11(15)12(9)16)14-6-5-13(2,7-17-14)8-18-14/h3-4,16H,5-8H2,1-2H3. The third-order valence-corrected chi connectivity index (χ3v) is 4.80. The molecule has 4 heteroatoms. The Morgan fingerprint density at radius 3 is 2.44 bits per heavy atom. The first kappa shape index (κ1) is 12.5. The van der Waals surface area contributed by atoms with Crippen molar-refractivity contribution in [2.45, 2.75) is 32.5 Å². The highest BCUT2D eigenvalue weighted by atomic mass is 79.9. The van der Waals surface area contributed by atoms with Gasteiger partial charge >= 0.3 is 0 Å². The molecule has 0 radical (unpaired) electrons. The molecule has 0 saturated carbocycles. The molecule has 1 aromatic carbocycles. The third kappa shape index (κ3) is 1.70. The van der Waals surface area contributed by atoms with Crippen LogP contribution in [0.5, 0.6) is 5.75 Å². The molecule has 0 unspecified atom stereocenters. The number of hydrogen-bond donors (Lipinski definition) is 1. The van der Waals surface area contributed by atoms with Crippen LogP contribution >= 0.6 is 15.9 Å². The number of aromatic hydroxyl groups is 1. The van der Waals surface area contributed by atoms with E-state index in [2.05, 4.69) is 22.9 Å². The molecule has 0 amide bonds. The molecule has 0 aromatic heterocycles. The maximum absolute atomic E-state index is 10.0. The van der Waals surface area contributed by atoms with Gasteiger partial charge < -0.3 is 14.6 Å². The monoisotopic (exact) mass is 312 g/mol. The van der Waals surface area contributed by atoms with Gasteiger partial charge in [-0.2, -0.15) is 0 Å². The Balaban J connectivity index is 2.03. The molecule has 3 heterocycles. The lowest BCUT2D eigenvalue weighted by Gasteiger charge is -2.51. The quantitative estimate of drug-likeness (QED) is 0.863. The summed E-state index contributed by atoms with van der Waals surface area (Å²) in [4.78, 5) is 0. The molecule has 4 rings (SSSR count). The highest BCUT2D eigenvalue weighted by Gasteiger charge is 2.50. The van der Waals surface area contributed by atoms with E-state index in [-0.39, 0.29) is 11.2 Å². The Labute approximate surface area is 115 Å². The van der Waals surface area contributed by atoms with Gasteiger partial charge in [-0.25, -0.2) is 0 Å². The van der Waals surface area contributed by atoms with Gasteiger partial charge in [-0.3, -0.25) is 0 Å². The van der Waals surface area contributed by atoms with Crippen LogP contribution in [0.1, 0.15) is 30.9 Å². The lowest BCUT2D eigenvalue weighted by atomic mass is 9.77. The molecule has 3 aliphatic rings. The number of ether oxygens (including phenoxy) is 2. The van der Waals surface area contributed by atoms with Crippen molar-refractivity contribution in [2.24, 2.45) is 5.41 Å². The van der Waals surface area contributed by atoms with Crippen LogP contribution in [0.2, 0.25) is 0 Å². The van der Waals surface area contributed by atoms with Gasteiger partial charge in [0.2, 0.25) is 0 Å². The first-order valence-electron chi connectivity index (χ1n) is 6.22. The summed E-state index contributed by atoms with van der Waals surface area (Å²) < 4.78 is 12.7. The van der Waals surface area contributed by atoms with E-state index in [1.165, 1.54) is 0 Å². The van der Waals surface area contributed by atoms with E-state index in [0.717, 1.165) is 37.2 Å². The third-order valence-electron chi connectivity index (χ3n) is 4.16. The van der Waals surface area contributed by atoms with Gasteiger partial charge in [-0.1, -0.05) is 13.0 Å². The minimum Gasteiger partial charge on any atom is -0.506 e. The fourth-order valence-corrected chi connectivity index (χ4v) is 3.22. The number of benzene rings is 1. The van der Waals surface area contributed by atoms with Gasteiger partial charge in [0, 0.05) is 23.0 Å². The Kier molecular flexibility index (Phi) is 2.74. The zero-order valence-electron chi connectivity index (χ0n) is 10.6. The molecule has 3 aliphatic heterocycles. The average Bonchev–Trinajstić information content (AvgIpc) is 2.38. The largest absolute Gasteiger partial charge is 0.506 e. The summed E-state index contributed by atoms with van der Waals surface area (Å²) in [5.74, 6) is -0.381. The van der Waals surface area contributed by atoms with Crippen LogP contribution < -0.4 is 0 Å². The zero-order valence-corrected chi connectivity index (χ0v) is 12.2. The van der Waals surface area contributed by atoms with E-state index in [4.69, 9.17) is 9.47 Å². The highest BCUT2D eigenvalue weighted by Crippen LogP contribution is 2.50. The van der Waals surface area contributed by atoms with Gasteiger partial charge in [0.1, 0.15) is 5.75 Å². The van der Waals surface area contributed by atoms with Crippen molar-refractivity contribution in [3.63, 3.8) is 0 Å². The van der Waals surface area contributed by atoms with Gasteiger partial charge in [0.05, 0.1) is 17.7 Å². The summed E-state index contributed by atoms with van der Waals surface area (Å²) in [6.07, 6.45) is 1.95. The fraction of sp³-hybridized carbons (Fsp3) is 0.571. The Hall–Kier alpha value is -0.580. The van der Waals surface area contributed by atoms with E-state index in [9.17, 15) is 5.11 Å². The lowest BCUT2D eigenvalue weighted by molar-refractivity contribution is -0.347. The molecule has 1 aromatic rings. The van der Waals surface area contributed by atoms with Crippen LogP contribution in [0.15, 0.2) is 16.6 Å². The maximum Gasteiger partial charge on any atom is 0.195 e. The molecule has 0 spiro atoms. The molecule has 2 bridgehead atoms. The predicted octanol–water partition coefficient (Wildman–Crippen LogP) is 3.46. The molecule has 1 N–H and O–H groups in total. The van der Waals surface area contributed by atoms with Crippen molar-refractivity contribution >= 4 is 15.9 Å². The number of phenolic OH excluding ortho intramolecular Hbond substituents is 1. The lowest BCUT2D eigenvalue weighted by Crippen LogP contribution is -2.52. The van der Waals surface area contributed by atoms with Crippen LogP contribution in [0.25, 0.3) is 0 Å². The van der Waals surface area contributed by atoms with E-state index in [1.807, 2.05) is 19.1 Å². The molecule has 3 saturated heterocycles. The van der Waals surface area contributed by atoms with E-state index >= 15 is 0 Å². The van der Waals surface area contributed by atoms with Crippen LogP contribution in [-0.4, -0.2) is 18.3 Å². The topological polar surface area (TPSA) is 38.7 Å². The molecule has 3 nitrogen and oxygen atoms in total. The van der Waals surface area contributed by atoms with Crippen LogP contribution in [0.4, 0.5) is 0 Å². The SMILES string of the molecule is Cc1c(C23CCC(C)(CO2)CO3)ccc(Br)c1O. The summed E-state index contributed by atoms with van der Waals surface area (Å²) in [5, 5.41) is 10.0. The second-order valence-corrected chi connectivity index (χ2v) is 6.56. The van der Waals surface area contributed by atoms with Gasteiger partial charge in [-0.05, 0) is 35.3 Å². The molecular formula is C14H17BrO3. The predicted molar refractivity (Wildman–Crippen MR) is 71.5 cm³/mol.